The first kappa shape index (κ1) is 7.57. The molecule has 3 aliphatic rings. The van der Waals surface area contributed by atoms with Crippen LogP contribution in [0.15, 0.2) is 12.1 Å². The fourth-order valence-electron chi connectivity index (χ4n) is 2.79. The van der Waals surface area contributed by atoms with Crippen molar-refractivity contribution < 1.29 is 0 Å². The fraction of sp³-hybridized carbons (Fsp3) is 0.231. The van der Waals surface area contributed by atoms with E-state index in [4.69, 9.17) is 0 Å². The minimum absolute atomic E-state index is 0.954. The lowest BCUT2D eigenvalue weighted by atomic mass is 10.0. The molecule has 2 aliphatic heterocycles. The summed E-state index contributed by atoms with van der Waals surface area (Å²) in [6.07, 6.45) is 10.2. The van der Waals surface area contributed by atoms with Crippen molar-refractivity contribution in [1.82, 2.24) is 0 Å². The van der Waals surface area contributed by atoms with E-state index in [1.165, 1.54) is 27.4 Å². The number of nitrogens with one attached hydrogen (secondary N) is 1. The van der Waals surface area contributed by atoms with Crippen molar-refractivity contribution >= 4 is 29.6 Å². The smallest absolute Gasteiger partial charge is 0.0881 e. The largest absolute Gasteiger partial charge is 0.366 e. The summed E-state index contributed by atoms with van der Waals surface area (Å²) in [6, 6.07) is 2.29. The summed E-state index contributed by atoms with van der Waals surface area (Å²) in [5, 5.41) is 6.29. The van der Waals surface area contributed by atoms with Crippen molar-refractivity contribution in [1.29, 1.82) is 0 Å². The van der Waals surface area contributed by atoms with Crippen LogP contribution in [-0.4, -0.2) is 13.2 Å². The molecule has 2 heteroatoms. The summed E-state index contributed by atoms with van der Waals surface area (Å²) in [5.41, 5.74) is 4.12. The van der Waals surface area contributed by atoms with Crippen molar-refractivity contribution in [3.63, 3.8) is 0 Å². The quantitative estimate of drug-likeness (QED) is 0.662. The number of rotatable bonds is 0. The van der Waals surface area contributed by atoms with Gasteiger partial charge in [0.15, 0.2) is 0 Å². The third-order valence-corrected chi connectivity index (χ3v) is 3.46. The Bertz CT molecular complexity index is 596. The maximum atomic E-state index is 3.46. The molecule has 74 valence electrons. The Balaban J connectivity index is 2.22. The van der Waals surface area contributed by atoms with Gasteiger partial charge in [-0.1, -0.05) is 24.3 Å². The lowest BCUT2D eigenvalue weighted by molar-refractivity contribution is 0.951. The number of nitrogens with zero attached hydrogens (tertiary/aromatic N) is 1. The third-order valence-electron chi connectivity index (χ3n) is 3.46. The molecular formula is C13H12N2. The van der Waals surface area contributed by atoms with Crippen LogP contribution in [0.2, 0.25) is 0 Å². The minimum Gasteiger partial charge on any atom is -0.366 e. The van der Waals surface area contributed by atoms with Crippen molar-refractivity contribution in [3.05, 3.63) is 28.1 Å². The Morgan fingerprint density at radius 2 is 2.27 bits per heavy atom. The topological polar surface area (TPSA) is 15.3 Å². The van der Waals surface area contributed by atoms with E-state index in [-0.39, 0.29) is 0 Å². The lowest BCUT2D eigenvalue weighted by Crippen LogP contribution is -2.30. The molecule has 1 aliphatic carbocycles. The average molecular weight is 196 g/mol. The van der Waals surface area contributed by atoms with Crippen LogP contribution in [0, 0.1) is 0 Å². The molecule has 0 fully saturated rings. The molecule has 15 heavy (non-hydrogen) atoms. The molecular weight excluding hydrogens is 184 g/mol. The highest BCUT2D eigenvalue weighted by molar-refractivity contribution is 5.87. The van der Waals surface area contributed by atoms with Crippen LogP contribution >= 0.6 is 0 Å². The summed E-state index contributed by atoms with van der Waals surface area (Å²) >= 11 is 0. The molecule has 0 radical (unpaired) electrons. The fourth-order valence-corrected chi connectivity index (χ4v) is 2.79. The highest BCUT2D eigenvalue weighted by Crippen LogP contribution is 2.34. The van der Waals surface area contributed by atoms with Crippen LogP contribution in [0.3, 0.4) is 0 Å². The molecule has 0 amide bonds. The van der Waals surface area contributed by atoms with E-state index in [1.807, 2.05) is 0 Å². The first-order valence-corrected chi connectivity index (χ1v) is 5.46. The van der Waals surface area contributed by atoms with Gasteiger partial charge in [-0.15, -0.1) is 0 Å². The van der Waals surface area contributed by atoms with Crippen molar-refractivity contribution in [2.45, 2.75) is 6.42 Å². The zero-order chi connectivity index (χ0) is 9.83. The number of benzene rings is 1. The van der Waals surface area contributed by atoms with E-state index >= 15 is 0 Å². The second kappa shape index (κ2) is 2.45. The second-order valence-electron chi connectivity index (χ2n) is 4.29. The highest BCUT2D eigenvalue weighted by atomic mass is 15.3. The first-order chi connectivity index (χ1) is 7.43. The van der Waals surface area contributed by atoms with Gasteiger partial charge in [0.1, 0.15) is 0 Å². The van der Waals surface area contributed by atoms with Gasteiger partial charge in [-0.3, -0.25) is 0 Å². The van der Waals surface area contributed by atoms with Gasteiger partial charge in [-0.25, -0.2) is 0 Å². The maximum Gasteiger partial charge on any atom is 0.0881 e. The highest BCUT2D eigenvalue weighted by Gasteiger charge is 2.24. The summed E-state index contributed by atoms with van der Waals surface area (Å²) in [7, 11) is 0. The normalized spacial score (nSPS) is 19.1. The van der Waals surface area contributed by atoms with E-state index in [9.17, 15) is 0 Å². The molecule has 0 unspecified atom stereocenters. The van der Waals surface area contributed by atoms with Crippen molar-refractivity contribution in [2.24, 2.45) is 0 Å². The molecule has 0 spiro atoms. The predicted octanol–water partition coefficient (Wildman–Crippen LogP) is 0.867. The molecule has 1 aromatic carbocycles. The Kier molecular flexibility index (Phi) is 1.24. The zero-order valence-corrected chi connectivity index (χ0v) is 8.46. The first-order valence-electron chi connectivity index (χ1n) is 5.46. The summed E-state index contributed by atoms with van der Waals surface area (Å²) in [6.45, 7) is 1.99. The van der Waals surface area contributed by atoms with Gasteiger partial charge in [0.05, 0.1) is 18.0 Å². The number of hydrogen-bond acceptors (Lipinski definition) is 2. The van der Waals surface area contributed by atoms with Gasteiger partial charge in [-0.05, 0) is 22.9 Å². The van der Waals surface area contributed by atoms with Gasteiger partial charge in [-0.2, -0.15) is 0 Å². The Morgan fingerprint density at radius 3 is 3.27 bits per heavy atom. The number of fused-ring (bicyclic) bond motifs is 2. The van der Waals surface area contributed by atoms with Crippen molar-refractivity contribution in [3.8, 4) is 0 Å². The molecule has 2 nitrogen and oxygen atoms in total. The van der Waals surface area contributed by atoms with E-state index in [2.05, 4.69) is 40.6 Å². The van der Waals surface area contributed by atoms with Crippen molar-refractivity contribution in [2.75, 3.05) is 23.4 Å². The van der Waals surface area contributed by atoms with Gasteiger partial charge in [0.25, 0.3) is 0 Å². The van der Waals surface area contributed by atoms with Gasteiger partial charge < -0.3 is 10.2 Å². The molecule has 0 saturated carbocycles. The molecule has 1 aromatic rings. The third kappa shape index (κ3) is 0.845. The van der Waals surface area contributed by atoms with E-state index in [1.54, 1.807) is 0 Å². The van der Waals surface area contributed by atoms with E-state index < -0.39 is 0 Å². The Morgan fingerprint density at radius 1 is 1.27 bits per heavy atom. The maximum absolute atomic E-state index is 3.46. The molecule has 2 heterocycles. The zero-order valence-electron chi connectivity index (χ0n) is 8.46. The predicted molar refractivity (Wildman–Crippen MR) is 64.1 cm³/mol. The van der Waals surface area contributed by atoms with Crippen LogP contribution in [-0.2, 0) is 0 Å². The molecule has 0 saturated heterocycles. The summed E-state index contributed by atoms with van der Waals surface area (Å²) < 4.78 is 0. The number of hydrogen-bond donors (Lipinski definition) is 1. The molecule has 0 bridgehead atoms. The Hall–Kier alpha value is -1.70. The second-order valence-corrected chi connectivity index (χ2v) is 4.29. The average Bonchev–Trinajstić information content (AvgIpc) is 2.87. The molecule has 0 atom stereocenters. The molecule has 4 rings (SSSR count). The Labute approximate surface area is 88.2 Å². The van der Waals surface area contributed by atoms with Gasteiger partial charge >= 0.3 is 0 Å². The van der Waals surface area contributed by atoms with Crippen LogP contribution < -0.4 is 20.7 Å². The van der Waals surface area contributed by atoms with E-state index in [0.717, 1.165) is 19.6 Å². The van der Waals surface area contributed by atoms with Gasteiger partial charge in [0.2, 0.25) is 0 Å². The lowest BCUT2D eigenvalue weighted by Gasteiger charge is -2.21. The van der Waals surface area contributed by atoms with Gasteiger partial charge in [0, 0.05) is 12.1 Å². The molecule has 0 aromatic heterocycles. The summed E-state index contributed by atoms with van der Waals surface area (Å²) in [4.78, 5) is 2.40. The summed E-state index contributed by atoms with van der Waals surface area (Å²) in [5.74, 6) is 0. The SMILES string of the molecule is C1=Cc2c3c(cc4c2=CCC=4)NCN3C1. The van der Waals surface area contributed by atoms with E-state index in [0.29, 0.717) is 0 Å². The van der Waals surface area contributed by atoms with Crippen LogP contribution in [0.1, 0.15) is 12.0 Å². The molecule has 1 N–H and O–H groups in total. The van der Waals surface area contributed by atoms with Crippen LogP contribution in [0.5, 0.6) is 0 Å². The number of anilines is 2. The van der Waals surface area contributed by atoms with Crippen LogP contribution in [0.4, 0.5) is 11.4 Å². The standard InChI is InChI=1S/C13H12N2/c1-3-9-7-12-13-11(10(9)4-1)5-2-6-15(13)8-14-12/h2-5,7,14H,1,6,8H2. The monoisotopic (exact) mass is 196 g/mol. The minimum atomic E-state index is 0.954. The van der Waals surface area contributed by atoms with Crippen LogP contribution in [0.25, 0.3) is 18.2 Å².